The van der Waals surface area contributed by atoms with Gasteiger partial charge in [-0.1, -0.05) is 5.16 Å². The predicted molar refractivity (Wildman–Crippen MR) is 63.8 cm³/mol. The highest BCUT2D eigenvalue weighted by molar-refractivity contribution is 8.14. The predicted octanol–water partition coefficient (Wildman–Crippen LogP) is -0.726. The summed E-state index contributed by atoms with van der Waals surface area (Å²) in [6.07, 6.45) is -0.791. The van der Waals surface area contributed by atoms with E-state index in [1.807, 2.05) is 0 Å². The van der Waals surface area contributed by atoms with E-state index in [1.165, 1.54) is 0 Å². The van der Waals surface area contributed by atoms with Gasteiger partial charge in [-0.05, 0) is 0 Å². The smallest absolute Gasteiger partial charge is 0.332 e. The zero-order chi connectivity index (χ0) is 14.3. The van der Waals surface area contributed by atoms with E-state index < -0.39 is 31.7 Å². The number of carboxylic acids is 1. The second-order valence-electron chi connectivity index (χ2n) is 3.22. The number of thioether (sulfide) groups is 1. The van der Waals surface area contributed by atoms with Crippen LogP contribution in [0.15, 0.2) is 5.16 Å². The molecule has 0 heterocycles. The highest BCUT2D eigenvalue weighted by Crippen LogP contribution is 2.35. The molecule has 5 N–H and O–H groups in total. The van der Waals surface area contributed by atoms with Crippen LogP contribution in [0.5, 0.6) is 0 Å². The zero-order valence-corrected chi connectivity index (χ0v) is 11.0. The van der Waals surface area contributed by atoms with Gasteiger partial charge in [0.1, 0.15) is 17.2 Å². The Labute approximate surface area is 106 Å². The molecule has 0 aliphatic heterocycles. The number of hydrogen-bond donors (Lipinski definition) is 5. The fraction of sp³-hybridized carbons (Fsp3) is 0.571. The minimum atomic E-state index is -4.40. The van der Waals surface area contributed by atoms with Crippen LogP contribution >= 0.6 is 19.4 Å². The van der Waals surface area contributed by atoms with E-state index in [0.29, 0.717) is 11.8 Å². The summed E-state index contributed by atoms with van der Waals surface area (Å²) in [6, 6.07) is -1.24. The van der Waals surface area contributed by atoms with Gasteiger partial charge in [0.2, 0.25) is 5.91 Å². The first-order chi connectivity index (χ1) is 8.15. The molecule has 0 aromatic rings. The lowest BCUT2D eigenvalue weighted by molar-refractivity contribution is -0.140. The Balaban J connectivity index is 4.46. The molecule has 1 amide bonds. The lowest BCUT2D eigenvalue weighted by Gasteiger charge is -2.13. The van der Waals surface area contributed by atoms with Gasteiger partial charge in [-0.15, -0.1) is 11.8 Å². The van der Waals surface area contributed by atoms with Gasteiger partial charge in [0.05, 0.1) is 0 Å². The highest BCUT2D eigenvalue weighted by atomic mass is 32.2. The third-order valence-electron chi connectivity index (χ3n) is 1.54. The molecule has 0 aliphatic carbocycles. The number of carbonyl (C=O) groups is 2. The second kappa shape index (κ2) is 7.37. The summed E-state index contributed by atoms with van der Waals surface area (Å²) in [6.45, 7) is 1.14. The van der Waals surface area contributed by atoms with E-state index in [0.717, 1.165) is 6.92 Å². The Morgan fingerprint density at radius 1 is 1.44 bits per heavy atom. The third-order valence-corrected chi connectivity index (χ3v) is 3.53. The van der Waals surface area contributed by atoms with Crippen molar-refractivity contribution >= 4 is 36.3 Å². The van der Waals surface area contributed by atoms with E-state index in [4.69, 9.17) is 20.1 Å². The molecule has 11 heteroatoms. The average molecular weight is 300 g/mol. The second-order valence-corrected chi connectivity index (χ2v) is 5.96. The van der Waals surface area contributed by atoms with E-state index in [2.05, 4.69) is 10.5 Å². The molecular formula is C7H13N2O7PS. The van der Waals surface area contributed by atoms with Gasteiger partial charge >= 0.3 is 13.6 Å². The van der Waals surface area contributed by atoms with Gasteiger partial charge in [-0.3, -0.25) is 9.36 Å². The lowest BCUT2D eigenvalue weighted by atomic mass is 10.3. The standard InChI is InChI=1S/C7H13N2O7PS/c1-4(10)8-5(7(11)12)3-18-6(9-13)2-17(14,15)16/h5,13H,2-3H2,1H3,(H,8,10)(H,11,12)(H2,14,15,16)/t5-/m0/s1. The first kappa shape index (κ1) is 16.9. The van der Waals surface area contributed by atoms with Crippen LogP contribution in [-0.4, -0.2) is 55.0 Å². The molecule has 0 spiro atoms. The largest absolute Gasteiger partial charge is 0.480 e. The Morgan fingerprint density at radius 2 is 2.00 bits per heavy atom. The maximum absolute atomic E-state index is 10.7. The molecule has 0 aromatic carbocycles. The van der Waals surface area contributed by atoms with Crippen molar-refractivity contribution in [3.05, 3.63) is 0 Å². The molecule has 104 valence electrons. The van der Waals surface area contributed by atoms with Crippen molar-refractivity contribution in [2.24, 2.45) is 5.16 Å². The minimum Gasteiger partial charge on any atom is -0.480 e. The molecule has 0 rings (SSSR count). The maximum atomic E-state index is 10.7. The minimum absolute atomic E-state index is 0.214. The number of nitrogens with zero attached hydrogens (tertiary/aromatic N) is 1. The maximum Gasteiger partial charge on any atom is 0.332 e. The van der Waals surface area contributed by atoms with Gasteiger partial charge in [0.25, 0.3) is 0 Å². The first-order valence-electron chi connectivity index (χ1n) is 4.54. The normalized spacial score (nSPS) is 14.1. The molecule has 0 saturated heterocycles. The van der Waals surface area contributed by atoms with E-state index in [-0.39, 0.29) is 10.8 Å². The monoisotopic (exact) mass is 300 g/mol. The van der Waals surface area contributed by atoms with Crippen LogP contribution in [0.2, 0.25) is 0 Å². The van der Waals surface area contributed by atoms with Crippen LogP contribution in [-0.2, 0) is 14.2 Å². The Bertz CT molecular complexity index is 393. The SMILES string of the molecule is CC(=O)N[C@@H](CSC(CP(=O)(O)O)=NO)C(=O)O. The number of amides is 1. The summed E-state index contributed by atoms with van der Waals surface area (Å²) in [7, 11) is -4.40. The highest BCUT2D eigenvalue weighted by Gasteiger charge is 2.23. The summed E-state index contributed by atoms with van der Waals surface area (Å²) in [5.41, 5.74) is 0. The Kier molecular flexibility index (Phi) is 6.92. The Morgan fingerprint density at radius 3 is 2.33 bits per heavy atom. The molecule has 0 radical (unpaired) electrons. The molecule has 1 atom stereocenters. The topological polar surface area (TPSA) is 157 Å². The van der Waals surface area contributed by atoms with Crippen molar-refractivity contribution in [3.63, 3.8) is 0 Å². The summed E-state index contributed by atoms with van der Waals surface area (Å²) in [4.78, 5) is 38.8. The van der Waals surface area contributed by atoms with Crippen molar-refractivity contribution < 1.29 is 34.3 Å². The number of carbonyl (C=O) groups excluding carboxylic acids is 1. The van der Waals surface area contributed by atoms with Gasteiger partial charge in [0.15, 0.2) is 0 Å². The molecule has 0 saturated carbocycles. The van der Waals surface area contributed by atoms with E-state index in [9.17, 15) is 14.2 Å². The summed E-state index contributed by atoms with van der Waals surface area (Å²) >= 11 is 0.639. The number of rotatable bonds is 6. The van der Waals surface area contributed by atoms with Gasteiger partial charge in [-0.25, -0.2) is 4.79 Å². The zero-order valence-electron chi connectivity index (χ0n) is 9.31. The fourth-order valence-corrected chi connectivity index (χ4v) is 2.81. The molecule has 0 bridgehead atoms. The van der Waals surface area contributed by atoms with Gasteiger partial charge in [-0.2, -0.15) is 0 Å². The number of carboxylic acid groups (broad SMARTS) is 1. The first-order valence-corrected chi connectivity index (χ1v) is 7.32. The molecule has 0 aromatic heterocycles. The number of hydrogen-bond acceptors (Lipinski definition) is 6. The van der Waals surface area contributed by atoms with Crippen LogP contribution in [0.3, 0.4) is 0 Å². The van der Waals surface area contributed by atoms with Crippen molar-refractivity contribution in [1.29, 1.82) is 0 Å². The van der Waals surface area contributed by atoms with Crippen molar-refractivity contribution in [3.8, 4) is 0 Å². The van der Waals surface area contributed by atoms with Crippen LogP contribution in [0.25, 0.3) is 0 Å². The number of oxime groups is 1. The quantitative estimate of drug-likeness (QED) is 0.141. The van der Waals surface area contributed by atoms with Gasteiger partial charge in [0, 0.05) is 12.7 Å². The van der Waals surface area contributed by atoms with E-state index in [1.54, 1.807) is 0 Å². The molecule has 18 heavy (non-hydrogen) atoms. The number of aliphatic carboxylic acids is 1. The molecule has 9 nitrogen and oxygen atoms in total. The van der Waals surface area contributed by atoms with Crippen LogP contribution in [0.1, 0.15) is 6.92 Å². The Hall–Kier alpha value is -1.09. The van der Waals surface area contributed by atoms with Crippen LogP contribution < -0.4 is 5.32 Å². The van der Waals surface area contributed by atoms with Crippen LogP contribution in [0, 0.1) is 0 Å². The average Bonchev–Trinajstić information content (AvgIpc) is 2.19. The molecule has 0 aliphatic rings. The molecular weight excluding hydrogens is 287 g/mol. The molecule has 0 fully saturated rings. The summed E-state index contributed by atoms with van der Waals surface area (Å²) < 4.78 is 10.7. The fourth-order valence-electron chi connectivity index (χ4n) is 0.882. The van der Waals surface area contributed by atoms with Crippen molar-refractivity contribution in [1.82, 2.24) is 5.32 Å². The van der Waals surface area contributed by atoms with Crippen molar-refractivity contribution in [2.45, 2.75) is 13.0 Å². The number of nitrogens with one attached hydrogen (secondary N) is 1. The molecule has 0 unspecified atom stereocenters. The lowest BCUT2D eigenvalue weighted by Crippen LogP contribution is -2.41. The summed E-state index contributed by atoms with van der Waals surface area (Å²) in [5, 5.41) is 21.8. The van der Waals surface area contributed by atoms with E-state index >= 15 is 0 Å². The van der Waals surface area contributed by atoms with Gasteiger partial charge < -0.3 is 25.4 Å². The van der Waals surface area contributed by atoms with Crippen LogP contribution in [0.4, 0.5) is 0 Å². The summed E-state index contributed by atoms with van der Waals surface area (Å²) in [5.74, 6) is -2.07. The van der Waals surface area contributed by atoms with Crippen molar-refractivity contribution in [2.75, 3.05) is 11.9 Å². The third kappa shape index (κ3) is 8.07.